The summed E-state index contributed by atoms with van der Waals surface area (Å²) in [5, 5.41) is 9.94. The van der Waals surface area contributed by atoms with E-state index in [4.69, 9.17) is 4.74 Å². The molecule has 0 radical (unpaired) electrons. The molecule has 0 saturated carbocycles. The van der Waals surface area contributed by atoms with Gasteiger partial charge in [-0.25, -0.2) is 8.42 Å². The highest BCUT2D eigenvalue weighted by atomic mass is 35.5. The number of aromatic hydroxyl groups is 1. The zero-order chi connectivity index (χ0) is 25.0. The Labute approximate surface area is 221 Å². The summed E-state index contributed by atoms with van der Waals surface area (Å²) in [5.41, 5.74) is 3.69. The maximum absolute atomic E-state index is 14.0. The number of likely N-dealkylation sites (tertiary alicyclic amines) is 1. The Bertz CT molecular complexity index is 1250. The van der Waals surface area contributed by atoms with E-state index in [0.29, 0.717) is 39.6 Å². The molecule has 1 N–H and O–H groups in total. The van der Waals surface area contributed by atoms with Gasteiger partial charge in [-0.3, -0.25) is 9.21 Å². The van der Waals surface area contributed by atoms with Crippen molar-refractivity contribution in [3.05, 3.63) is 82.9 Å². The molecule has 0 unspecified atom stereocenters. The van der Waals surface area contributed by atoms with E-state index >= 15 is 0 Å². The van der Waals surface area contributed by atoms with Crippen molar-refractivity contribution < 1.29 is 18.3 Å². The maximum atomic E-state index is 14.0. The number of sulfonamides is 1. The average molecular weight is 531 g/mol. The maximum Gasteiger partial charge on any atom is 0.265 e. The van der Waals surface area contributed by atoms with Gasteiger partial charge in [0.05, 0.1) is 17.1 Å². The van der Waals surface area contributed by atoms with E-state index in [1.807, 2.05) is 51.1 Å². The molecule has 194 valence electrons. The largest absolute Gasteiger partial charge is 0.508 e. The number of phenolic OH excluding ortho intramolecular Hbond substituents is 1. The molecule has 0 spiro atoms. The zero-order valence-electron chi connectivity index (χ0n) is 21.1. The number of hydrogen-bond donors (Lipinski definition) is 1. The predicted octanol–water partition coefficient (Wildman–Crippen LogP) is 5.61. The molecule has 1 heterocycles. The molecule has 8 heteroatoms. The first-order chi connectivity index (χ1) is 16.7. The van der Waals surface area contributed by atoms with Gasteiger partial charge in [-0.05, 0) is 99.8 Å². The molecule has 1 fully saturated rings. The summed E-state index contributed by atoms with van der Waals surface area (Å²) in [6, 6.07) is 17.7. The minimum absolute atomic E-state index is 0. The van der Waals surface area contributed by atoms with Gasteiger partial charge in [0, 0.05) is 6.54 Å². The van der Waals surface area contributed by atoms with Crippen LogP contribution in [0, 0.1) is 20.8 Å². The lowest BCUT2D eigenvalue weighted by Gasteiger charge is -2.27. The quantitative estimate of drug-likeness (QED) is 0.389. The molecule has 0 atom stereocenters. The van der Waals surface area contributed by atoms with Crippen LogP contribution < -0.4 is 9.04 Å². The van der Waals surface area contributed by atoms with Gasteiger partial charge in [0.1, 0.15) is 18.1 Å². The first-order valence-corrected chi connectivity index (χ1v) is 13.5. The second-order valence-electron chi connectivity index (χ2n) is 9.30. The van der Waals surface area contributed by atoms with Crippen LogP contribution >= 0.6 is 12.4 Å². The Morgan fingerprint density at radius 3 is 2.19 bits per heavy atom. The highest BCUT2D eigenvalue weighted by molar-refractivity contribution is 7.92. The number of aryl methyl sites for hydroxylation is 3. The van der Waals surface area contributed by atoms with Crippen LogP contribution in [0.4, 0.5) is 5.69 Å². The topological polar surface area (TPSA) is 70.1 Å². The Morgan fingerprint density at radius 2 is 1.58 bits per heavy atom. The van der Waals surface area contributed by atoms with Crippen LogP contribution in [-0.4, -0.2) is 44.7 Å². The summed E-state index contributed by atoms with van der Waals surface area (Å²) < 4.78 is 35.3. The Balaban J connectivity index is 0.00000361. The van der Waals surface area contributed by atoms with Gasteiger partial charge in [0.15, 0.2) is 0 Å². The number of hydrogen-bond acceptors (Lipinski definition) is 5. The number of rotatable bonds is 9. The summed E-state index contributed by atoms with van der Waals surface area (Å²) in [6.45, 7) is 9.47. The van der Waals surface area contributed by atoms with Gasteiger partial charge in [-0.1, -0.05) is 29.8 Å². The Kier molecular flexibility index (Phi) is 9.28. The fourth-order valence-corrected chi connectivity index (χ4v) is 6.70. The van der Waals surface area contributed by atoms with E-state index in [2.05, 4.69) is 4.90 Å². The Morgan fingerprint density at radius 1 is 0.944 bits per heavy atom. The van der Waals surface area contributed by atoms with Crippen LogP contribution in [-0.2, 0) is 16.6 Å². The molecule has 36 heavy (non-hydrogen) atoms. The van der Waals surface area contributed by atoms with Crippen molar-refractivity contribution >= 4 is 28.1 Å². The lowest BCUT2D eigenvalue weighted by Crippen LogP contribution is -2.31. The first kappa shape index (κ1) is 27.8. The van der Waals surface area contributed by atoms with E-state index < -0.39 is 10.0 Å². The second kappa shape index (κ2) is 12.0. The summed E-state index contributed by atoms with van der Waals surface area (Å²) in [7, 11) is -3.88. The molecule has 1 aliphatic rings. The van der Waals surface area contributed by atoms with Crippen LogP contribution in [0.1, 0.15) is 35.1 Å². The van der Waals surface area contributed by atoms with Gasteiger partial charge in [0.2, 0.25) is 0 Å². The molecule has 6 nitrogen and oxygen atoms in total. The lowest BCUT2D eigenvalue weighted by atomic mass is 10.1. The third-order valence-corrected chi connectivity index (χ3v) is 8.47. The summed E-state index contributed by atoms with van der Waals surface area (Å²) in [6.07, 6.45) is 2.50. The first-order valence-electron chi connectivity index (χ1n) is 12.1. The van der Waals surface area contributed by atoms with Crippen molar-refractivity contribution in [2.45, 2.75) is 45.1 Å². The second-order valence-corrected chi connectivity index (χ2v) is 11.1. The highest BCUT2D eigenvalue weighted by Gasteiger charge is 2.29. The van der Waals surface area contributed by atoms with Crippen molar-refractivity contribution in [2.24, 2.45) is 0 Å². The van der Waals surface area contributed by atoms with Crippen LogP contribution in [0.15, 0.2) is 65.6 Å². The third-order valence-electron chi connectivity index (χ3n) is 6.39. The number of phenols is 1. The fraction of sp³-hybridized carbons (Fsp3) is 0.357. The minimum atomic E-state index is -3.88. The van der Waals surface area contributed by atoms with Gasteiger partial charge in [0.25, 0.3) is 10.0 Å². The van der Waals surface area contributed by atoms with E-state index in [-0.39, 0.29) is 24.7 Å². The number of ether oxygens (including phenoxy) is 1. The van der Waals surface area contributed by atoms with E-state index in [1.165, 1.54) is 17.1 Å². The number of halogens is 1. The Hall–Kier alpha value is -2.74. The number of nitrogens with zero attached hydrogens (tertiary/aromatic N) is 2. The van der Waals surface area contributed by atoms with Crippen molar-refractivity contribution in [1.82, 2.24) is 4.90 Å². The molecule has 0 amide bonds. The van der Waals surface area contributed by atoms with Crippen molar-refractivity contribution in [3.63, 3.8) is 0 Å². The zero-order valence-corrected chi connectivity index (χ0v) is 22.7. The molecule has 0 aliphatic carbocycles. The van der Waals surface area contributed by atoms with E-state index in [0.717, 1.165) is 25.2 Å². The fourth-order valence-electron chi connectivity index (χ4n) is 4.83. The smallest absolute Gasteiger partial charge is 0.265 e. The molecule has 3 aromatic carbocycles. The van der Waals surface area contributed by atoms with E-state index in [1.54, 1.807) is 30.3 Å². The van der Waals surface area contributed by atoms with Crippen LogP contribution in [0.25, 0.3) is 0 Å². The van der Waals surface area contributed by atoms with Crippen molar-refractivity contribution in [3.8, 4) is 11.5 Å². The normalized spacial score (nSPS) is 13.9. The van der Waals surface area contributed by atoms with Crippen molar-refractivity contribution in [1.29, 1.82) is 0 Å². The standard InChI is InChI=1S/C28H34N2O4S.ClH/c1-21-17-22(2)28(23(3)18-21)35(32,33)30(20-24-7-6-8-26(31)19-24)25-9-11-27(12-10-25)34-16-15-29-13-4-5-14-29;/h6-12,17-19,31H,4-5,13-16,20H2,1-3H3;1H. The van der Waals surface area contributed by atoms with Crippen LogP contribution in [0.5, 0.6) is 11.5 Å². The summed E-state index contributed by atoms with van der Waals surface area (Å²) in [5.74, 6) is 0.814. The van der Waals surface area contributed by atoms with Gasteiger partial charge < -0.3 is 9.84 Å². The average Bonchev–Trinajstić information content (AvgIpc) is 3.31. The summed E-state index contributed by atoms with van der Waals surface area (Å²) in [4.78, 5) is 2.71. The van der Waals surface area contributed by atoms with Gasteiger partial charge in [-0.2, -0.15) is 0 Å². The highest BCUT2D eigenvalue weighted by Crippen LogP contribution is 2.32. The molecule has 1 aliphatic heterocycles. The molecule has 0 aromatic heterocycles. The number of benzene rings is 3. The monoisotopic (exact) mass is 530 g/mol. The predicted molar refractivity (Wildman–Crippen MR) is 147 cm³/mol. The van der Waals surface area contributed by atoms with Crippen LogP contribution in [0.2, 0.25) is 0 Å². The molecular weight excluding hydrogens is 496 g/mol. The van der Waals surface area contributed by atoms with Crippen molar-refractivity contribution in [2.75, 3.05) is 30.5 Å². The molecule has 3 aromatic rings. The molecule has 1 saturated heterocycles. The molecule has 0 bridgehead atoms. The third kappa shape index (κ3) is 6.52. The number of anilines is 1. The summed E-state index contributed by atoms with van der Waals surface area (Å²) >= 11 is 0. The van der Waals surface area contributed by atoms with Gasteiger partial charge in [-0.15, -0.1) is 12.4 Å². The lowest BCUT2D eigenvalue weighted by molar-refractivity contribution is 0.238. The minimum Gasteiger partial charge on any atom is -0.508 e. The van der Waals surface area contributed by atoms with Gasteiger partial charge >= 0.3 is 0 Å². The SMILES string of the molecule is Cc1cc(C)c(S(=O)(=O)N(Cc2cccc(O)c2)c2ccc(OCCN3CCCC3)cc2)c(C)c1.Cl. The molecule has 4 rings (SSSR count). The molecular formula is C28H35ClN2O4S. The van der Waals surface area contributed by atoms with E-state index in [9.17, 15) is 13.5 Å². The van der Waals surface area contributed by atoms with Crippen LogP contribution in [0.3, 0.4) is 0 Å².